The van der Waals surface area contributed by atoms with Gasteiger partial charge in [0.1, 0.15) is 5.82 Å². The Hall–Kier alpha value is -1.18. The number of halogens is 1. The van der Waals surface area contributed by atoms with Gasteiger partial charge in [0, 0.05) is 13.1 Å². The minimum absolute atomic E-state index is 0.191. The first kappa shape index (κ1) is 15.2. The summed E-state index contributed by atoms with van der Waals surface area (Å²) < 4.78 is 36.4. The number of nitrogens with zero attached hydrogens (tertiary/aromatic N) is 1. The molecule has 2 rings (SSSR count). The van der Waals surface area contributed by atoms with Crippen LogP contribution in [0.4, 0.5) is 10.1 Å². The molecule has 0 aromatic heterocycles. The predicted molar refractivity (Wildman–Crippen MR) is 76.6 cm³/mol. The highest BCUT2D eigenvalue weighted by molar-refractivity contribution is 7.89. The molecular formula is C13H20FN3O2S. The van der Waals surface area contributed by atoms with Crippen LogP contribution in [0.15, 0.2) is 23.1 Å². The van der Waals surface area contributed by atoms with E-state index in [9.17, 15) is 12.8 Å². The maximum atomic E-state index is 14.0. The summed E-state index contributed by atoms with van der Waals surface area (Å²) in [6.07, 6.45) is 1.99. The van der Waals surface area contributed by atoms with Crippen LogP contribution >= 0.6 is 0 Å². The molecule has 3 N–H and O–H groups in total. The number of hydrogen-bond acceptors (Lipinski definition) is 4. The molecule has 1 fully saturated rings. The SMILES string of the molecule is CNCC1CCN(c2ccc(S(N)(=O)=O)cc2F)CC1. The highest BCUT2D eigenvalue weighted by atomic mass is 32.2. The van der Waals surface area contributed by atoms with Crippen molar-refractivity contribution in [2.75, 3.05) is 31.6 Å². The third-order valence-corrected chi connectivity index (χ3v) is 4.61. The van der Waals surface area contributed by atoms with Crippen molar-refractivity contribution in [2.24, 2.45) is 11.1 Å². The average molecular weight is 301 g/mol. The Balaban J connectivity index is 2.11. The monoisotopic (exact) mass is 301 g/mol. The number of nitrogens with one attached hydrogen (secondary N) is 1. The van der Waals surface area contributed by atoms with Crippen LogP contribution in [0, 0.1) is 11.7 Å². The van der Waals surface area contributed by atoms with Gasteiger partial charge in [0.2, 0.25) is 10.0 Å². The lowest BCUT2D eigenvalue weighted by Crippen LogP contribution is -2.37. The third kappa shape index (κ3) is 3.47. The Kier molecular flexibility index (Phi) is 4.62. The maximum Gasteiger partial charge on any atom is 0.238 e. The van der Waals surface area contributed by atoms with Crippen LogP contribution in [0.25, 0.3) is 0 Å². The van der Waals surface area contributed by atoms with Gasteiger partial charge in [0.25, 0.3) is 0 Å². The Morgan fingerprint density at radius 3 is 2.55 bits per heavy atom. The highest BCUT2D eigenvalue weighted by Crippen LogP contribution is 2.26. The number of hydrogen-bond donors (Lipinski definition) is 2. The molecular weight excluding hydrogens is 281 g/mol. The zero-order valence-electron chi connectivity index (χ0n) is 11.5. The van der Waals surface area contributed by atoms with E-state index in [0.717, 1.165) is 38.5 Å². The number of rotatable bonds is 4. The summed E-state index contributed by atoms with van der Waals surface area (Å²) in [5.74, 6) is 0.0756. The maximum absolute atomic E-state index is 14.0. The van der Waals surface area contributed by atoms with E-state index in [2.05, 4.69) is 5.32 Å². The lowest BCUT2D eigenvalue weighted by molar-refractivity contribution is 0.391. The summed E-state index contributed by atoms with van der Waals surface area (Å²) in [7, 11) is -1.93. The van der Waals surface area contributed by atoms with E-state index in [1.165, 1.54) is 12.1 Å². The summed E-state index contributed by atoms with van der Waals surface area (Å²) in [6, 6.07) is 3.84. The first-order valence-corrected chi connectivity index (χ1v) is 8.18. The van der Waals surface area contributed by atoms with Gasteiger partial charge in [0.15, 0.2) is 0 Å². The van der Waals surface area contributed by atoms with Crippen LogP contribution in [-0.2, 0) is 10.0 Å². The number of benzene rings is 1. The van der Waals surface area contributed by atoms with Crippen molar-refractivity contribution in [3.63, 3.8) is 0 Å². The van der Waals surface area contributed by atoms with Gasteiger partial charge in [-0.05, 0) is 50.6 Å². The van der Waals surface area contributed by atoms with Gasteiger partial charge in [-0.3, -0.25) is 0 Å². The fourth-order valence-electron chi connectivity index (χ4n) is 2.59. The number of anilines is 1. The van der Waals surface area contributed by atoms with E-state index in [4.69, 9.17) is 5.14 Å². The molecule has 5 nitrogen and oxygen atoms in total. The van der Waals surface area contributed by atoms with Gasteiger partial charge in [-0.2, -0.15) is 0 Å². The largest absolute Gasteiger partial charge is 0.369 e. The smallest absolute Gasteiger partial charge is 0.238 e. The van der Waals surface area contributed by atoms with Crippen molar-refractivity contribution in [2.45, 2.75) is 17.7 Å². The van der Waals surface area contributed by atoms with E-state index < -0.39 is 15.8 Å². The number of nitrogens with two attached hydrogens (primary N) is 1. The van der Waals surface area contributed by atoms with Crippen LogP contribution in [-0.4, -0.2) is 35.1 Å². The first-order valence-electron chi connectivity index (χ1n) is 6.63. The number of piperidine rings is 1. The van der Waals surface area contributed by atoms with E-state index >= 15 is 0 Å². The van der Waals surface area contributed by atoms with Gasteiger partial charge in [-0.1, -0.05) is 0 Å². The molecule has 0 bridgehead atoms. The number of primary sulfonamides is 1. The quantitative estimate of drug-likeness (QED) is 0.867. The molecule has 0 spiro atoms. The van der Waals surface area contributed by atoms with Crippen LogP contribution in [0.5, 0.6) is 0 Å². The zero-order valence-corrected chi connectivity index (χ0v) is 12.3. The van der Waals surface area contributed by atoms with Gasteiger partial charge in [-0.15, -0.1) is 0 Å². The average Bonchev–Trinajstić information content (AvgIpc) is 2.39. The van der Waals surface area contributed by atoms with E-state index in [1.54, 1.807) is 0 Å². The first-order chi connectivity index (χ1) is 9.41. The van der Waals surface area contributed by atoms with Gasteiger partial charge < -0.3 is 10.2 Å². The van der Waals surface area contributed by atoms with E-state index in [1.807, 2.05) is 11.9 Å². The van der Waals surface area contributed by atoms with Crippen molar-refractivity contribution in [3.05, 3.63) is 24.0 Å². The molecule has 7 heteroatoms. The van der Waals surface area contributed by atoms with Crippen molar-refractivity contribution < 1.29 is 12.8 Å². The molecule has 1 heterocycles. The molecule has 0 amide bonds. The predicted octanol–water partition coefficient (Wildman–Crippen LogP) is 0.909. The fourth-order valence-corrected chi connectivity index (χ4v) is 3.11. The lowest BCUT2D eigenvalue weighted by Gasteiger charge is -2.33. The Bertz CT molecular complexity index is 569. The standard InChI is InChI=1S/C13H20FN3O2S/c1-16-9-10-4-6-17(7-5-10)13-3-2-11(8-12(13)14)20(15,18)19/h2-3,8,10,16H,4-7,9H2,1H3,(H2,15,18,19). The highest BCUT2D eigenvalue weighted by Gasteiger charge is 2.21. The molecule has 112 valence electrons. The topological polar surface area (TPSA) is 75.4 Å². The summed E-state index contributed by atoms with van der Waals surface area (Å²) >= 11 is 0. The normalized spacial score (nSPS) is 17.4. The second-order valence-corrected chi connectivity index (χ2v) is 6.71. The molecule has 0 aliphatic carbocycles. The summed E-state index contributed by atoms with van der Waals surface area (Å²) in [5.41, 5.74) is 0.445. The van der Waals surface area contributed by atoms with Crippen molar-refractivity contribution in [1.29, 1.82) is 0 Å². The van der Waals surface area contributed by atoms with E-state index in [0.29, 0.717) is 11.6 Å². The lowest BCUT2D eigenvalue weighted by atomic mass is 9.96. The van der Waals surface area contributed by atoms with Crippen LogP contribution in [0.1, 0.15) is 12.8 Å². The van der Waals surface area contributed by atoms with Crippen LogP contribution < -0.4 is 15.4 Å². The minimum Gasteiger partial charge on any atom is -0.369 e. The molecule has 0 unspecified atom stereocenters. The summed E-state index contributed by atoms with van der Waals surface area (Å²) in [5, 5.41) is 8.15. The Labute approximate surface area is 119 Å². The van der Waals surface area contributed by atoms with Gasteiger partial charge >= 0.3 is 0 Å². The zero-order chi connectivity index (χ0) is 14.8. The molecule has 1 aromatic rings. The summed E-state index contributed by atoms with van der Waals surface area (Å²) in [6.45, 7) is 2.52. The molecule has 1 saturated heterocycles. The number of sulfonamides is 1. The van der Waals surface area contributed by atoms with E-state index in [-0.39, 0.29) is 4.90 Å². The molecule has 0 atom stereocenters. The second kappa shape index (κ2) is 6.07. The molecule has 0 saturated carbocycles. The Morgan fingerprint density at radius 1 is 1.40 bits per heavy atom. The molecule has 20 heavy (non-hydrogen) atoms. The third-order valence-electron chi connectivity index (χ3n) is 3.70. The van der Waals surface area contributed by atoms with Gasteiger partial charge in [0.05, 0.1) is 10.6 Å². The van der Waals surface area contributed by atoms with Crippen LogP contribution in [0.2, 0.25) is 0 Å². The minimum atomic E-state index is -3.86. The molecule has 1 aliphatic rings. The molecule has 0 radical (unpaired) electrons. The van der Waals surface area contributed by atoms with Crippen molar-refractivity contribution >= 4 is 15.7 Å². The Morgan fingerprint density at radius 2 is 2.05 bits per heavy atom. The summed E-state index contributed by atoms with van der Waals surface area (Å²) in [4.78, 5) is 1.76. The van der Waals surface area contributed by atoms with Gasteiger partial charge in [-0.25, -0.2) is 17.9 Å². The van der Waals surface area contributed by atoms with Crippen molar-refractivity contribution in [3.8, 4) is 0 Å². The van der Waals surface area contributed by atoms with Crippen molar-refractivity contribution in [1.82, 2.24) is 5.32 Å². The fraction of sp³-hybridized carbons (Fsp3) is 0.538. The molecule has 1 aliphatic heterocycles. The van der Waals surface area contributed by atoms with Crippen LogP contribution in [0.3, 0.4) is 0 Å². The molecule has 1 aromatic carbocycles. The second-order valence-electron chi connectivity index (χ2n) is 5.15.